The quantitative estimate of drug-likeness (QED) is 0.179. The number of anilines is 3. The lowest BCUT2D eigenvalue weighted by Crippen LogP contribution is -2.34. The maximum absolute atomic E-state index is 4.78. The van der Waals surface area contributed by atoms with Gasteiger partial charge in [0.25, 0.3) is 0 Å². The largest absolute Gasteiger partial charge is 0.380 e. The lowest BCUT2D eigenvalue weighted by atomic mass is 9.98. The second-order valence-corrected chi connectivity index (χ2v) is 14.2. The van der Waals surface area contributed by atoms with Gasteiger partial charge < -0.3 is 10.2 Å². The Kier molecular flexibility index (Phi) is 8.23. The van der Waals surface area contributed by atoms with Crippen molar-refractivity contribution in [1.29, 1.82) is 0 Å². The van der Waals surface area contributed by atoms with Crippen LogP contribution in [0.3, 0.4) is 0 Å². The first kappa shape index (κ1) is 32.4. The summed E-state index contributed by atoms with van der Waals surface area (Å²) in [5, 5.41) is 10.9. The van der Waals surface area contributed by atoms with Gasteiger partial charge >= 0.3 is 0 Å². The van der Waals surface area contributed by atoms with Crippen LogP contribution in [0, 0.1) is 0 Å². The number of hydrogen-bond acceptors (Lipinski definition) is 3. The number of aromatic nitrogens is 1. The molecular formula is C52H37N3. The Morgan fingerprint density at radius 2 is 0.891 bits per heavy atom. The van der Waals surface area contributed by atoms with Crippen LogP contribution in [-0.2, 0) is 0 Å². The lowest BCUT2D eigenvalue weighted by Gasteiger charge is -2.27. The number of nitrogens with one attached hydrogen (secondary N) is 1. The smallest absolute Gasteiger partial charge is 0.0708 e. The number of pyridine rings is 1. The molecule has 0 saturated heterocycles. The highest BCUT2D eigenvalue weighted by Gasteiger charge is 2.16. The van der Waals surface area contributed by atoms with Gasteiger partial charge in [0.2, 0.25) is 0 Å². The molecule has 0 amide bonds. The monoisotopic (exact) mass is 703 g/mol. The van der Waals surface area contributed by atoms with Crippen LogP contribution in [-0.4, -0.2) is 4.98 Å². The van der Waals surface area contributed by atoms with Crippen LogP contribution >= 0.6 is 0 Å². The molecule has 1 atom stereocenters. The molecule has 1 aliphatic rings. The Hall–Kier alpha value is -7.23. The van der Waals surface area contributed by atoms with Crippen LogP contribution in [0.1, 0.15) is 11.6 Å². The van der Waals surface area contributed by atoms with Gasteiger partial charge in [-0.1, -0.05) is 146 Å². The molecule has 9 aromatic rings. The van der Waals surface area contributed by atoms with Gasteiger partial charge in [0, 0.05) is 40.4 Å². The molecule has 0 radical (unpaired) electrons. The standard InChI is InChI=1S/C52H37N3/c1-2-8-42-31-45(18-17-36(42)7-1)39-15-13-37(14-16-39)38-19-25-48(26-20-38)55(49-27-21-40(22-28-49)51-32-43-9-3-5-11-46(43)34-53-51)50-29-23-41(24-30-50)52-33-44-10-4-6-12-47(44)35-54-52/h1-35,51,53H. The van der Waals surface area contributed by atoms with E-state index in [1.165, 1.54) is 54.4 Å². The Balaban J connectivity index is 0.967. The Labute approximate surface area is 320 Å². The Bertz CT molecular complexity index is 2930. The van der Waals surface area contributed by atoms with E-state index in [9.17, 15) is 0 Å². The van der Waals surface area contributed by atoms with E-state index < -0.39 is 0 Å². The molecule has 10 rings (SSSR count). The van der Waals surface area contributed by atoms with E-state index in [1.807, 2.05) is 6.20 Å². The highest BCUT2D eigenvalue weighted by atomic mass is 15.1. The number of nitrogens with zero attached hydrogens (tertiary/aromatic N) is 2. The van der Waals surface area contributed by atoms with Gasteiger partial charge in [0.15, 0.2) is 0 Å². The zero-order chi connectivity index (χ0) is 36.6. The van der Waals surface area contributed by atoms with Crippen molar-refractivity contribution in [2.75, 3.05) is 4.90 Å². The van der Waals surface area contributed by atoms with E-state index in [4.69, 9.17) is 4.98 Å². The van der Waals surface area contributed by atoms with E-state index >= 15 is 0 Å². The zero-order valence-electron chi connectivity index (χ0n) is 30.2. The first-order chi connectivity index (χ1) is 27.2. The number of fused-ring (bicyclic) bond motifs is 3. The summed E-state index contributed by atoms with van der Waals surface area (Å²) in [7, 11) is 0. The van der Waals surface area contributed by atoms with Crippen molar-refractivity contribution in [2.24, 2.45) is 0 Å². The summed E-state index contributed by atoms with van der Waals surface area (Å²) in [6.45, 7) is 0. The number of benzene rings is 8. The van der Waals surface area contributed by atoms with Crippen molar-refractivity contribution in [2.45, 2.75) is 6.04 Å². The fourth-order valence-corrected chi connectivity index (χ4v) is 7.72. The lowest BCUT2D eigenvalue weighted by molar-refractivity contribution is 0.814. The van der Waals surface area contributed by atoms with Crippen molar-refractivity contribution < 1.29 is 0 Å². The summed E-state index contributed by atoms with van der Waals surface area (Å²) in [6.07, 6.45) is 6.37. The minimum absolute atomic E-state index is 0.109. The molecule has 1 aliphatic heterocycles. The summed E-state index contributed by atoms with van der Waals surface area (Å²) >= 11 is 0. The van der Waals surface area contributed by atoms with Crippen LogP contribution in [0.5, 0.6) is 0 Å². The van der Waals surface area contributed by atoms with Crippen LogP contribution < -0.4 is 20.7 Å². The summed E-state index contributed by atoms with van der Waals surface area (Å²) in [6, 6.07) is 69.8. The second kappa shape index (κ2) is 14.0. The molecule has 3 nitrogen and oxygen atoms in total. The molecule has 1 unspecified atom stereocenters. The predicted octanol–water partition coefficient (Wildman–Crippen LogP) is 11.7. The predicted molar refractivity (Wildman–Crippen MR) is 231 cm³/mol. The topological polar surface area (TPSA) is 28.2 Å². The van der Waals surface area contributed by atoms with Crippen LogP contribution in [0.15, 0.2) is 200 Å². The molecule has 3 heteroatoms. The summed E-state index contributed by atoms with van der Waals surface area (Å²) in [5.74, 6) is 0. The van der Waals surface area contributed by atoms with E-state index in [0.717, 1.165) is 33.7 Å². The summed E-state index contributed by atoms with van der Waals surface area (Å²) in [4.78, 5) is 7.11. The zero-order valence-corrected chi connectivity index (χ0v) is 30.2. The van der Waals surface area contributed by atoms with Gasteiger partial charge in [-0.3, -0.25) is 4.98 Å². The van der Waals surface area contributed by atoms with Gasteiger partial charge in [-0.15, -0.1) is 0 Å². The molecule has 0 bridgehead atoms. The Morgan fingerprint density at radius 1 is 0.400 bits per heavy atom. The summed E-state index contributed by atoms with van der Waals surface area (Å²) < 4.78 is 0. The normalized spacial score (nSPS) is 13.3. The van der Waals surface area contributed by atoms with Crippen LogP contribution in [0.25, 0.3) is 67.3 Å². The van der Waals surface area contributed by atoms with E-state index in [2.05, 4.69) is 217 Å². The first-order valence-electron chi connectivity index (χ1n) is 18.8. The molecule has 260 valence electrons. The van der Waals surface area contributed by atoms with Gasteiger partial charge in [0.05, 0.1) is 11.7 Å². The highest BCUT2D eigenvalue weighted by Crippen LogP contribution is 2.38. The molecule has 55 heavy (non-hydrogen) atoms. The molecule has 0 aliphatic carbocycles. The van der Waals surface area contributed by atoms with Crippen molar-refractivity contribution in [3.63, 3.8) is 0 Å². The van der Waals surface area contributed by atoms with Gasteiger partial charge in [-0.2, -0.15) is 0 Å². The average Bonchev–Trinajstić information content (AvgIpc) is 3.27. The van der Waals surface area contributed by atoms with Crippen molar-refractivity contribution in [3.05, 3.63) is 216 Å². The number of rotatable bonds is 7. The minimum atomic E-state index is 0.109. The van der Waals surface area contributed by atoms with E-state index in [1.54, 1.807) is 0 Å². The third kappa shape index (κ3) is 6.43. The fourth-order valence-electron chi connectivity index (χ4n) is 7.72. The molecule has 0 spiro atoms. The van der Waals surface area contributed by atoms with Crippen molar-refractivity contribution in [1.82, 2.24) is 10.3 Å². The Morgan fingerprint density at radius 3 is 1.56 bits per heavy atom. The molecular weight excluding hydrogens is 667 g/mol. The maximum atomic E-state index is 4.78. The third-order valence-electron chi connectivity index (χ3n) is 10.7. The highest BCUT2D eigenvalue weighted by molar-refractivity contribution is 5.88. The molecule has 1 aromatic heterocycles. The van der Waals surface area contributed by atoms with Crippen molar-refractivity contribution >= 4 is 50.9 Å². The molecule has 0 fully saturated rings. The average molecular weight is 704 g/mol. The maximum Gasteiger partial charge on any atom is 0.0708 e. The van der Waals surface area contributed by atoms with Gasteiger partial charge in [0.1, 0.15) is 0 Å². The molecule has 2 heterocycles. The second-order valence-electron chi connectivity index (χ2n) is 14.2. The van der Waals surface area contributed by atoms with Gasteiger partial charge in [-0.25, -0.2) is 0 Å². The van der Waals surface area contributed by atoms with E-state index in [0.29, 0.717) is 0 Å². The van der Waals surface area contributed by atoms with Crippen LogP contribution in [0.4, 0.5) is 17.1 Å². The molecule has 8 aromatic carbocycles. The molecule has 1 N–H and O–H groups in total. The van der Waals surface area contributed by atoms with Crippen LogP contribution in [0.2, 0.25) is 0 Å². The molecule has 0 saturated carbocycles. The minimum Gasteiger partial charge on any atom is -0.380 e. The third-order valence-corrected chi connectivity index (χ3v) is 10.7. The number of hydrogen-bond donors (Lipinski definition) is 1. The SMILES string of the molecule is C1=c2ccccc2=CC(c2ccc(N(c3ccc(-c4ccc(-c5ccc6ccccc6c5)cc4)cc3)c3ccc(-c4cc5ccccc5cn4)cc3)cc2)N1. The summed E-state index contributed by atoms with van der Waals surface area (Å²) in [5.41, 5.74) is 11.3. The fraction of sp³-hybridized carbons (Fsp3) is 0.0192. The first-order valence-corrected chi connectivity index (χ1v) is 18.8. The van der Waals surface area contributed by atoms with E-state index in [-0.39, 0.29) is 6.04 Å². The van der Waals surface area contributed by atoms with Gasteiger partial charge in [-0.05, 0) is 109 Å². The van der Waals surface area contributed by atoms with Crippen molar-refractivity contribution in [3.8, 4) is 33.5 Å².